The molecule has 112 valence electrons. The highest BCUT2D eigenvalue weighted by atomic mass is 32.1. The molecular formula is C15H24N2O2S. The molecule has 1 aliphatic rings. The van der Waals surface area contributed by atoms with Gasteiger partial charge in [0.05, 0.1) is 10.7 Å². The summed E-state index contributed by atoms with van der Waals surface area (Å²) in [6.45, 7) is 7.43. The van der Waals surface area contributed by atoms with Crippen molar-refractivity contribution in [1.29, 1.82) is 0 Å². The lowest BCUT2D eigenvalue weighted by Crippen LogP contribution is -2.41. The van der Waals surface area contributed by atoms with Gasteiger partial charge in [-0.05, 0) is 46.6 Å². The van der Waals surface area contributed by atoms with E-state index in [0.29, 0.717) is 12.1 Å². The molecule has 1 aliphatic heterocycles. The molecule has 1 fully saturated rings. The summed E-state index contributed by atoms with van der Waals surface area (Å²) in [6.07, 6.45) is 4.58. The van der Waals surface area contributed by atoms with Crippen molar-refractivity contribution in [1.82, 2.24) is 9.88 Å². The fraction of sp³-hybridized carbons (Fsp3) is 0.733. The molecule has 5 heteroatoms. The second-order valence-corrected chi connectivity index (χ2v) is 6.91. The van der Waals surface area contributed by atoms with Crippen LogP contribution in [0.25, 0.3) is 0 Å². The Morgan fingerprint density at radius 2 is 2.25 bits per heavy atom. The summed E-state index contributed by atoms with van der Waals surface area (Å²) < 4.78 is 0. The summed E-state index contributed by atoms with van der Waals surface area (Å²) in [5, 5.41) is 10.0. The van der Waals surface area contributed by atoms with Crippen LogP contribution in [0.15, 0.2) is 0 Å². The van der Waals surface area contributed by atoms with E-state index in [4.69, 9.17) is 5.11 Å². The van der Waals surface area contributed by atoms with Gasteiger partial charge in [-0.25, -0.2) is 4.98 Å². The molecule has 4 nitrogen and oxygen atoms in total. The lowest BCUT2D eigenvalue weighted by Gasteiger charge is -2.39. The number of aryl methyl sites for hydroxylation is 2. The van der Waals surface area contributed by atoms with Crippen LogP contribution in [0.2, 0.25) is 0 Å². The van der Waals surface area contributed by atoms with Gasteiger partial charge in [0.2, 0.25) is 0 Å². The molecule has 2 unspecified atom stereocenters. The molecule has 0 amide bonds. The van der Waals surface area contributed by atoms with E-state index in [1.807, 2.05) is 6.92 Å². The molecule has 20 heavy (non-hydrogen) atoms. The van der Waals surface area contributed by atoms with Crippen molar-refractivity contribution >= 4 is 17.3 Å². The van der Waals surface area contributed by atoms with Crippen LogP contribution in [0.1, 0.15) is 60.6 Å². The van der Waals surface area contributed by atoms with Gasteiger partial charge in [0.1, 0.15) is 0 Å². The molecule has 2 rings (SSSR count). The first-order valence-electron chi connectivity index (χ1n) is 7.40. The van der Waals surface area contributed by atoms with E-state index in [1.54, 1.807) is 11.3 Å². The van der Waals surface area contributed by atoms with E-state index in [9.17, 15) is 4.79 Å². The quantitative estimate of drug-likeness (QED) is 0.903. The second-order valence-electron chi connectivity index (χ2n) is 5.68. The van der Waals surface area contributed by atoms with Crippen LogP contribution in [0.5, 0.6) is 0 Å². The number of carboxylic acids is 1. The van der Waals surface area contributed by atoms with E-state index in [-0.39, 0.29) is 6.42 Å². The van der Waals surface area contributed by atoms with E-state index in [2.05, 4.69) is 23.7 Å². The summed E-state index contributed by atoms with van der Waals surface area (Å²) in [4.78, 5) is 19.2. The average Bonchev–Trinajstić information content (AvgIpc) is 2.75. The number of aromatic nitrogens is 1. The number of hydrogen-bond acceptors (Lipinski definition) is 4. The first kappa shape index (κ1) is 15.4. The number of thiazole rings is 1. The Labute approximate surface area is 124 Å². The minimum absolute atomic E-state index is 0.272. The number of nitrogens with zero attached hydrogens (tertiary/aromatic N) is 2. The Balaban J connectivity index is 2.10. The van der Waals surface area contributed by atoms with Crippen LogP contribution < -0.4 is 0 Å². The smallest absolute Gasteiger partial charge is 0.303 e. The van der Waals surface area contributed by atoms with Crippen molar-refractivity contribution in [2.45, 2.75) is 65.0 Å². The zero-order valence-electron chi connectivity index (χ0n) is 12.6. The van der Waals surface area contributed by atoms with Crippen molar-refractivity contribution in [3.8, 4) is 0 Å². The van der Waals surface area contributed by atoms with Crippen LogP contribution >= 0.6 is 11.3 Å². The Kier molecular flexibility index (Phi) is 5.16. The summed E-state index contributed by atoms with van der Waals surface area (Å²) >= 11 is 1.77. The minimum Gasteiger partial charge on any atom is -0.481 e. The highest BCUT2D eigenvalue weighted by molar-refractivity contribution is 7.11. The Morgan fingerprint density at radius 3 is 2.85 bits per heavy atom. The van der Waals surface area contributed by atoms with Gasteiger partial charge in [-0.2, -0.15) is 0 Å². The predicted octanol–water partition coefficient (Wildman–Crippen LogP) is 3.54. The van der Waals surface area contributed by atoms with Crippen LogP contribution in [-0.2, 0) is 4.79 Å². The van der Waals surface area contributed by atoms with Gasteiger partial charge in [-0.1, -0.05) is 6.42 Å². The number of piperidine rings is 1. The normalized spacial score (nSPS) is 21.9. The zero-order valence-corrected chi connectivity index (χ0v) is 13.4. The number of rotatable bonds is 5. The van der Waals surface area contributed by atoms with Crippen LogP contribution in [0.3, 0.4) is 0 Å². The van der Waals surface area contributed by atoms with Crippen molar-refractivity contribution in [2.24, 2.45) is 0 Å². The van der Waals surface area contributed by atoms with Crippen LogP contribution in [-0.4, -0.2) is 33.5 Å². The van der Waals surface area contributed by atoms with Crippen LogP contribution in [0, 0.1) is 13.8 Å². The number of aliphatic carboxylic acids is 1. The third-order valence-electron chi connectivity index (χ3n) is 4.18. The molecule has 2 atom stereocenters. The molecule has 0 bridgehead atoms. The third kappa shape index (κ3) is 3.58. The second kappa shape index (κ2) is 6.68. The minimum atomic E-state index is -0.687. The number of carboxylic acid groups (broad SMARTS) is 1. The standard InChI is InChI=1S/C15H24N2O2S/c1-10-15(20-12(3)16-10)11(2)17-9-5-4-6-13(17)7-8-14(18)19/h11,13H,4-9H2,1-3H3,(H,18,19). The summed E-state index contributed by atoms with van der Waals surface area (Å²) in [5.74, 6) is -0.687. The fourth-order valence-corrected chi connectivity index (χ4v) is 4.22. The van der Waals surface area contributed by atoms with Gasteiger partial charge >= 0.3 is 5.97 Å². The summed E-state index contributed by atoms with van der Waals surface area (Å²) in [5.41, 5.74) is 1.13. The maximum Gasteiger partial charge on any atom is 0.303 e. The van der Waals surface area contributed by atoms with Gasteiger partial charge in [-0.15, -0.1) is 11.3 Å². The van der Waals surface area contributed by atoms with Gasteiger partial charge in [0, 0.05) is 23.4 Å². The maximum absolute atomic E-state index is 10.8. The number of carbonyl (C=O) groups is 1. The molecule has 0 aromatic carbocycles. The van der Waals surface area contributed by atoms with Crippen LogP contribution in [0.4, 0.5) is 0 Å². The van der Waals surface area contributed by atoms with E-state index in [0.717, 1.165) is 30.1 Å². The molecular weight excluding hydrogens is 272 g/mol. The topological polar surface area (TPSA) is 53.4 Å². The largest absolute Gasteiger partial charge is 0.481 e. The van der Waals surface area contributed by atoms with E-state index < -0.39 is 5.97 Å². The fourth-order valence-electron chi connectivity index (χ4n) is 3.22. The van der Waals surface area contributed by atoms with E-state index in [1.165, 1.54) is 17.7 Å². The van der Waals surface area contributed by atoms with Gasteiger partial charge in [-0.3, -0.25) is 9.69 Å². The molecule has 2 heterocycles. The number of hydrogen-bond donors (Lipinski definition) is 1. The first-order chi connectivity index (χ1) is 9.49. The zero-order chi connectivity index (χ0) is 14.7. The monoisotopic (exact) mass is 296 g/mol. The molecule has 0 saturated carbocycles. The average molecular weight is 296 g/mol. The van der Waals surface area contributed by atoms with Gasteiger partial charge in [0.15, 0.2) is 0 Å². The molecule has 0 radical (unpaired) electrons. The highest BCUT2D eigenvalue weighted by Gasteiger charge is 2.29. The highest BCUT2D eigenvalue weighted by Crippen LogP contribution is 2.34. The van der Waals surface area contributed by atoms with Crippen molar-refractivity contribution in [3.63, 3.8) is 0 Å². The summed E-state index contributed by atoms with van der Waals surface area (Å²) in [6, 6.07) is 0.747. The maximum atomic E-state index is 10.8. The lowest BCUT2D eigenvalue weighted by molar-refractivity contribution is -0.137. The van der Waals surface area contributed by atoms with Gasteiger partial charge < -0.3 is 5.11 Å². The Bertz CT molecular complexity index is 472. The van der Waals surface area contributed by atoms with Crippen molar-refractivity contribution < 1.29 is 9.90 Å². The van der Waals surface area contributed by atoms with Gasteiger partial charge in [0.25, 0.3) is 0 Å². The number of likely N-dealkylation sites (tertiary alicyclic amines) is 1. The molecule has 0 aliphatic carbocycles. The molecule has 1 aromatic rings. The predicted molar refractivity (Wildman–Crippen MR) is 81.2 cm³/mol. The van der Waals surface area contributed by atoms with Crippen molar-refractivity contribution in [3.05, 3.63) is 15.6 Å². The first-order valence-corrected chi connectivity index (χ1v) is 8.22. The molecule has 1 N–H and O–H groups in total. The Morgan fingerprint density at radius 1 is 1.50 bits per heavy atom. The third-order valence-corrected chi connectivity index (χ3v) is 5.42. The lowest BCUT2D eigenvalue weighted by atomic mass is 9.95. The SMILES string of the molecule is Cc1nc(C)c(C(C)N2CCCCC2CCC(=O)O)s1. The summed E-state index contributed by atoms with van der Waals surface area (Å²) in [7, 11) is 0. The molecule has 0 spiro atoms. The van der Waals surface area contributed by atoms with Crippen molar-refractivity contribution in [2.75, 3.05) is 6.54 Å². The molecule has 1 aromatic heterocycles. The Hall–Kier alpha value is -0.940. The molecule has 1 saturated heterocycles. The van der Waals surface area contributed by atoms with E-state index >= 15 is 0 Å².